The van der Waals surface area contributed by atoms with Crippen LogP contribution in [0.2, 0.25) is 0 Å². The zero-order chi connectivity index (χ0) is 24.3. The van der Waals surface area contributed by atoms with Gasteiger partial charge in [-0.15, -0.1) is 4.37 Å². The highest BCUT2D eigenvalue weighted by molar-refractivity contribution is 6.99. The minimum atomic E-state index is -0.705. The van der Waals surface area contributed by atoms with E-state index in [9.17, 15) is 4.79 Å². The summed E-state index contributed by atoms with van der Waals surface area (Å²) in [5.41, 5.74) is 18.5. The molecule has 0 saturated heterocycles. The maximum atomic E-state index is 12.5. The number of ether oxygens (including phenoxy) is 2. The Morgan fingerprint density at radius 1 is 1.27 bits per heavy atom. The molecule has 1 aromatic heterocycles. The highest BCUT2D eigenvalue weighted by Crippen LogP contribution is 2.31. The van der Waals surface area contributed by atoms with Crippen LogP contribution in [0.5, 0.6) is 5.88 Å². The number of hydrogen-bond donors (Lipinski definition) is 3. The zero-order valence-electron chi connectivity index (χ0n) is 20.2. The number of carbonyl (C=O) groups is 1. The normalized spacial score (nSPS) is 19.9. The van der Waals surface area contributed by atoms with Gasteiger partial charge in [-0.1, -0.05) is 32.3 Å². The van der Waals surface area contributed by atoms with Gasteiger partial charge in [0.25, 0.3) is 5.88 Å². The van der Waals surface area contributed by atoms with E-state index >= 15 is 0 Å². The lowest BCUT2D eigenvalue weighted by Crippen LogP contribution is -2.56. The monoisotopic (exact) mass is 482 g/mol. The molecule has 0 amide bonds. The van der Waals surface area contributed by atoms with Gasteiger partial charge in [-0.2, -0.15) is 4.37 Å². The van der Waals surface area contributed by atoms with Crippen molar-refractivity contribution in [3.8, 4) is 5.88 Å². The lowest BCUT2D eigenvalue weighted by atomic mass is 10.0. The Hall–Kier alpha value is -2.24. The zero-order valence-corrected chi connectivity index (χ0v) is 21.0. The fourth-order valence-corrected chi connectivity index (χ4v) is 4.27. The number of rotatable bonds is 14. The van der Waals surface area contributed by atoms with Gasteiger partial charge in [-0.05, 0) is 19.3 Å². The molecule has 1 aromatic rings. The highest BCUT2D eigenvalue weighted by Gasteiger charge is 2.37. The molecule has 0 radical (unpaired) electrons. The van der Waals surface area contributed by atoms with Gasteiger partial charge >= 0.3 is 5.97 Å². The molecule has 11 heteroatoms. The molecule has 186 valence electrons. The number of aliphatic imine (C=N–C) groups is 1. The van der Waals surface area contributed by atoms with Crippen molar-refractivity contribution in [2.45, 2.75) is 71.1 Å². The SMILES string of the molecule is CCCCCCOc1nsnc1C1=CCC[N+](C)(C(C)OC(=O)[C@@H](N)CCCN=C(N)N)C1. The van der Waals surface area contributed by atoms with Crippen LogP contribution in [0.3, 0.4) is 0 Å². The van der Waals surface area contributed by atoms with Gasteiger partial charge in [0, 0.05) is 25.5 Å². The number of aromatic nitrogens is 2. The van der Waals surface area contributed by atoms with E-state index in [1.807, 2.05) is 6.92 Å². The molecule has 33 heavy (non-hydrogen) atoms. The van der Waals surface area contributed by atoms with E-state index in [0.29, 0.717) is 42.9 Å². The molecule has 2 heterocycles. The van der Waals surface area contributed by atoms with E-state index in [1.165, 1.54) is 12.8 Å². The standard InChI is InChI=1S/C22H40N7O3S/c1-4-5-6-7-14-31-20-19(27-33-28-20)17-10-9-13-29(3,15-17)16(2)32-21(30)18(23)11-8-12-26-22(24)25/h10,16,18H,4-9,11-15,23H2,1-3H3,(H4,24,25,26)/q+1/t16?,18-,29?/m0/s1. The molecule has 3 atom stereocenters. The average Bonchev–Trinajstić information content (AvgIpc) is 3.25. The minimum Gasteiger partial charge on any atom is -0.475 e. The summed E-state index contributed by atoms with van der Waals surface area (Å²) in [5, 5.41) is 0. The molecular formula is C22H40N7O3S+. The molecule has 10 nitrogen and oxygen atoms in total. The Morgan fingerprint density at radius 3 is 2.79 bits per heavy atom. The van der Waals surface area contributed by atoms with Crippen LogP contribution in [0, 0.1) is 0 Å². The molecule has 0 aromatic carbocycles. The summed E-state index contributed by atoms with van der Waals surface area (Å²) < 4.78 is 21.1. The van der Waals surface area contributed by atoms with Gasteiger partial charge in [0.15, 0.2) is 5.96 Å². The number of esters is 1. The Balaban J connectivity index is 1.91. The van der Waals surface area contributed by atoms with Gasteiger partial charge in [-0.25, -0.2) is 0 Å². The van der Waals surface area contributed by atoms with E-state index in [-0.39, 0.29) is 12.2 Å². The van der Waals surface area contributed by atoms with Crippen LogP contribution in [0.1, 0.15) is 64.5 Å². The number of carbonyl (C=O) groups excluding carboxylic acids is 1. The number of nitrogens with zero attached hydrogens (tertiary/aromatic N) is 4. The van der Waals surface area contributed by atoms with Crippen LogP contribution in [0.25, 0.3) is 5.57 Å². The van der Waals surface area contributed by atoms with Crippen molar-refractivity contribution < 1.29 is 18.8 Å². The number of unbranched alkanes of at least 4 members (excludes halogenated alkanes) is 3. The van der Waals surface area contributed by atoms with E-state index in [0.717, 1.165) is 48.8 Å². The largest absolute Gasteiger partial charge is 0.475 e. The first-order chi connectivity index (χ1) is 15.8. The first-order valence-electron chi connectivity index (χ1n) is 11.8. The third kappa shape index (κ3) is 8.56. The summed E-state index contributed by atoms with van der Waals surface area (Å²) in [4.78, 5) is 16.4. The van der Waals surface area contributed by atoms with Gasteiger partial charge in [0.05, 0.1) is 31.9 Å². The Kier molecular flexibility index (Phi) is 11.0. The van der Waals surface area contributed by atoms with Gasteiger partial charge < -0.3 is 26.7 Å². The van der Waals surface area contributed by atoms with Crippen LogP contribution in [0.15, 0.2) is 11.1 Å². The average molecular weight is 483 g/mol. The molecule has 2 unspecified atom stereocenters. The molecule has 0 fully saturated rings. The Morgan fingerprint density at radius 2 is 2.06 bits per heavy atom. The van der Waals surface area contributed by atoms with Gasteiger partial charge in [0.2, 0.25) is 6.23 Å². The number of quaternary nitrogens is 1. The molecule has 0 saturated carbocycles. The number of hydrogen-bond acceptors (Lipinski definition) is 8. The second kappa shape index (κ2) is 13.5. The lowest BCUT2D eigenvalue weighted by Gasteiger charge is -2.41. The molecule has 1 aliphatic heterocycles. The summed E-state index contributed by atoms with van der Waals surface area (Å²) in [7, 11) is 2.08. The Bertz CT molecular complexity index is 810. The summed E-state index contributed by atoms with van der Waals surface area (Å²) in [6.45, 7) is 6.71. The predicted molar refractivity (Wildman–Crippen MR) is 131 cm³/mol. The topological polar surface area (TPSA) is 152 Å². The van der Waals surface area contributed by atoms with Crippen molar-refractivity contribution in [1.82, 2.24) is 8.75 Å². The predicted octanol–water partition coefficient (Wildman–Crippen LogP) is 2.00. The van der Waals surface area contributed by atoms with E-state index < -0.39 is 12.0 Å². The lowest BCUT2D eigenvalue weighted by molar-refractivity contribution is -0.944. The van der Waals surface area contributed by atoms with Crippen molar-refractivity contribution in [3.63, 3.8) is 0 Å². The molecule has 1 aliphatic rings. The van der Waals surface area contributed by atoms with E-state index in [1.54, 1.807) is 0 Å². The number of guanidine groups is 1. The van der Waals surface area contributed by atoms with Crippen LogP contribution < -0.4 is 21.9 Å². The third-order valence-electron chi connectivity index (χ3n) is 6.00. The van der Waals surface area contributed by atoms with E-state index in [2.05, 4.69) is 33.8 Å². The quantitative estimate of drug-likeness (QED) is 0.120. The Labute approximate surface area is 201 Å². The summed E-state index contributed by atoms with van der Waals surface area (Å²) in [6, 6.07) is -0.705. The molecule has 0 spiro atoms. The van der Waals surface area contributed by atoms with Crippen molar-refractivity contribution >= 4 is 29.2 Å². The van der Waals surface area contributed by atoms with E-state index in [4.69, 9.17) is 26.7 Å². The number of likely N-dealkylation sites (N-methyl/N-ethyl adjacent to an activating group) is 1. The second-order valence-electron chi connectivity index (χ2n) is 8.80. The van der Waals surface area contributed by atoms with Crippen molar-refractivity contribution in [1.29, 1.82) is 0 Å². The number of nitrogens with two attached hydrogens (primary N) is 3. The summed E-state index contributed by atoms with van der Waals surface area (Å²) in [5.74, 6) is 0.226. The molecule has 6 N–H and O–H groups in total. The first kappa shape index (κ1) is 27.0. The molecule has 0 bridgehead atoms. The van der Waals surface area contributed by atoms with Crippen molar-refractivity contribution in [2.75, 3.05) is 33.3 Å². The molecular weight excluding hydrogens is 442 g/mol. The van der Waals surface area contributed by atoms with Crippen LogP contribution in [-0.4, -0.2) is 70.7 Å². The highest BCUT2D eigenvalue weighted by atomic mass is 32.1. The fourth-order valence-electron chi connectivity index (χ4n) is 3.74. The molecule has 2 rings (SSSR count). The smallest absolute Gasteiger partial charge is 0.327 e. The van der Waals surface area contributed by atoms with Crippen LogP contribution in [0.4, 0.5) is 0 Å². The maximum Gasteiger partial charge on any atom is 0.327 e. The van der Waals surface area contributed by atoms with Gasteiger partial charge in [0.1, 0.15) is 18.3 Å². The maximum absolute atomic E-state index is 12.5. The third-order valence-corrected chi connectivity index (χ3v) is 6.51. The van der Waals surface area contributed by atoms with Gasteiger partial charge in [-0.3, -0.25) is 14.3 Å². The summed E-state index contributed by atoms with van der Waals surface area (Å²) >= 11 is 1.16. The van der Waals surface area contributed by atoms with Crippen LogP contribution >= 0.6 is 11.7 Å². The first-order valence-corrected chi connectivity index (χ1v) is 12.5. The summed E-state index contributed by atoms with van der Waals surface area (Å²) in [6.07, 6.45) is 8.32. The van der Waals surface area contributed by atoms with Crippen LogP contribution in [-0.2, 0) is 9.53 Å². The van der Waals surface area contributed by atoms with Crippen molar-refractivity contribution in [2.24, 2.45) is 22.2 Å². The molecule has 0 aliphatic carbocycles. The minimum absolute atomic E-state index is 0.0338. The second-order valence-corrected chi connectivity index (χ2v) is 9.33. The van der Waals surface area contributed by atoms with Crippen molar-refractivity contribution in [3.05, 3.63) is 11.8 Å². The fraction of sp³-hybridized carbons (Fsp3) is 0.727.